The summed E-state index contributed by atoms with van der Waals surface area (Å²) in [5, 5.41) is 0. The Balaban J connectivity index is 1.68. The number of amides is 1. The number of carbonyl (C=O) groups is 1. The molecule has 0 N–H and O–H groups in total. The molecule has 144 valence electrons. The first-order valence-corrected chi connectivity index (χ1v) is 11.0. The van der Waals surface area contributed by atoms with E-state index in [1.807, 2.05) is 18.2 Å². The van der Waals surface area contributed by atoms with Crippen LogP contribution in [0.25, 0.3) is 0 Å². The molecule has 2 aliphatic heterocycles. The van der Waals surface area contributed by atoms with E-state index in [1.165, 1.54) is 6.26 Å². The summed E-state index contributed by atoms with van der Waals surface area (Å²) in [6.07, 6.45) is 3.38. The van der Waals surface area contributed by atoms with Gasteiger partial charge in [0.25, 0.3) is 0 Å². The fourth-order valence-corrected chi connectivity index (χ4v) is 4.52. The number of anilines is 1. The summed E-state index contributed by atoms with van der Waals surface area (Å²) >= 11 is 0. The molecule has 3 heterocycles. The zero-order chi connectivity index (χ0) is 18.9. The highest BCUT2D eigenvalue weighted by Crippen LogP contribution is 2.27. The molecule has 0 aromatic carbocycles. The Bertz CT molecular complexity index is 757. The van der Waals surface area contributed by atoms with Crippen molar-refractivity contribution < 1.29 is 17.9 Å². The molecule has 26 heavy (non-hydrogen) atoms. The van der Waals surface area contributed by atoms with E-state index in [0.717, 1.165) is 25.0 Å². The second-order valence-corrected chi connectivity index (χ2v) is 9.54. The van der Waals surface area contributed by atoms with E-state index in [0.29, 0.717) is 31.4 Å². The molecule has 0 aliphatic carbocycles. The van der Waals surface area contributed by atoms with Gasteiger partial charge in [0.1, 0.15) is 12.4 Å². The molecule has 2 saturated heterocycles. The summed E-state index contributed by atoms with van der Waals surface area (Å²) in [4.78, 5) is 18.5. The number of pyridine rings is 1. The summed E-state index contributed by atoms with van der Waals surface area (Å²) < 4.78 is 30.0. The van der Waals surface area contributed by atoms with Crippen molar-refractivity contribution in [2.45, 2.75) is 39.2 Å². The van der Waals surface area contributed by atoms with Crippen LogP contribution in [0, 0.1) is 11.8 Å². The molecule has 1 aromatic heterocycles. The Labute approximate surface area is 155 Å². The van der Waals surface area contributed by atoms with Crippen molar-refractivity contribution in [1.29, 1.82) is 0 Å². The third kappa shape index (κ3) is 4.17. The third-order valence-electron chi connectivity index (χ3n) is 5.25. The van der Waals surface area contributed by atoms with Crippen molar-refractivity contribution in [1.82, 2.24) is 9.29 Å². The van der Waals surface area contributed by atoms with E-state index in [1.54, 1.807) is 9.21 Å². The first-order valence-electron chi connectivity index (χ1n) is 9.12. The van der Waals surface area contributed by atoms with Gasteiger partial charge in [0.05, 0.1) is 12.3 Å². The van der Waals surface area contributed by atoms with Gasteiger partial charge in [-0.15, -0.1) is 0 Å². The second kappa shape index (κ2) is 7.52. The lowest BCUT2D eigenvalue weighted by Crippen LogP contribution is -2.38. The van der Waals surface area contributed by atoms with Crippen LogP contribution in [0.2, 0.25) is 0 Å². The quantitative estimate of drug-likeness (QED) is 0.782. The Kier molecular flexibility index (Phi) is 5.53. The van der Waals surface area contributed by atoms with E-state index >= 15 is 0 Å². The van der Waals surface area contributed by atoms with Crippen LogP contribution in [0.1, 0.15) is 32.4 Å². The maximum Gasteiger partial charge on any atom is 0.415 e. The highest BCUT2D eigenvalue weighted by molar-refractivity contribution is 7.88. The fraction of sp³-hybridized carbons (Fsp3) is 0.667. The van der Waals surface area contributed by atoms with Gasteiger partial charge in [-0.25, -0.2) is 22.5 Å². The van der Waals surface area contributed by atoms with Crippen LogP contribution < -0.4 is 4.90 Å². The van der Waals surface area contributed by atoms with Gasteiger partial charge in [-0.3, -0.25) is 4.90 Å². The van der Waals surface area contributed by atoms with Crippen molar-refractivity contribution in [3.05, 3.63) is 23.9 Å². The molecule has 2 fully saturated rings. The Morgan fingerprint density at radius 2 is 1.96 bits per heavy atom. The second-order valence-electron chi connectivity index (χ2n) is 7.55. The van der Waals surface area contributed by atoms with Gasteiger partial charge >= 0.3 is 6.09 Å². The van der Waals surface area contributed by atoms with E-state index in [2.05, 4.69) is 13.8 Å². The van der Waals surface area contributed by atoms with Crippen molar-refractivity contribution in [3.63, 3.8) is 0 Å². The molecule has 1 aromatic rings. The Morgan fingerprint density at radius 1 is 1.27 bits per heavy atom. The van der Waals surface area contributed by atoms with Gasteiger partial charge in [-0.05, 0) is 43.2 Å². The summed E-state index contributed by atoms with van der Waals surface area (Å²) in [6, 6.07) is 5.74. The van der Waals surface area contributed by atoms with Gasteiger partial charge in [-0.2, -0.15) is 0 Å². The summed E-state index contributed by atoms with van der Waals surface area (Å²) in [5.74, 6) is 1.33. The van der Waals surface area contributed by atoms with Gasteiger partial charge in [-0.1, -0.05) is 19.9 Å². The number of sulfonamides is 1. The van der Waals surface area contributed by atoms with E-state index in [9.17, 15) is 13.2 Å². The number of rotatable bonds is 5. The zero-order valence-corrected chi connectivity index (χ0v) is 16.4. The first kappa shape index (κ1) is 19.1. The van der Waals surface area contributed by atoms with Crippen LogP contribution in [0.3, 0.4) is 0 Å². The Hall–Kier alpha value is -1.67. The lowest BCUT2D eigenvalue weighted by atomic mass is 9.93. The lowest BCUT2D eigenvalue weighted by molar-refractivity contribution is 0.177. The van der Waals surface area contributed by atoms with E-state index < -0.39 is 10.0 Å². The molecule has 1 amide bonds. The highest BCUT2D eigenvalue weighted by Gasteiger charge is 2.37. The molecule has 7 nitrogen and oxygen atoms in total. The number of carbonyl (C=O) groups excluding carboxylic acids is 1. The number of ether oxygens (including phenoxy) is 1. The van der Waals surface area contributed by atoms with Crippen LogP contribution in [-0.4, -0.2) is 55.8 Å². The summed E-state index contributed by atoms with van der Waals surface area (Å²) in [7, 11) is -3.10. The maximum absolute atomic E-state index is 12.1. The molecular weight excluding hydrogens is 354 g/mol. The van der Waals surface area contributed by atoms with Crippen molar-refractivity contribution in [3.8, 4) is 0 Å². The average Bonchev–Trinajstić information content (AvgIpc) is 2.97. The van der Waals surface area contributed by atoms with Crippen molar-refractivity contribution in [2.75, 3.05) is 30.9 Å². The highest BCUT2D eigenvalue weighted by atomic mass is 32.2. The minimum Gasteiger partial charge on any atom is -0.447 e. The van der Waals surface area contributed by atoms with Crippen molar-refractivity contribution >= 4 is 21.9 Å². The summed E-state index contributed by atoms with van der Waals surface area (Å²) in [6.45, 7) is 5.67. The SMILES string of the molecule is CC(C)[C@H]1COC(=O)N1c1cccc(CC2CCN(S(C)(=O)=O)CC2)n1. The van der Waals surface area contributed by atoms with Crippen LogP contribution in [0.5, 0.6) is 0 Å². The Morgan fingerprint density at radius 3 is 2.58 bits per heavy atom. The number of nitrogens with zero attached hydrogens (tertiary/aromatic N) is 3. The van der Waals surface area contributed by atoms with Crippen LogP contribution in [0.4, 0.5) is 10.6 Å². The first-order chi connectivity index (χ1) is 12.3. The molecule has 0 spiro atoms. The van der Waals surface area contributed by atoms with Crippen LogP contribution >= 0.6 is 0 Å². The minimum atomic E-state index is -3.10. The standard InChI is InChI=1S/C18H27N3O4S/c1-13(2)16-12-25-18(22)21(16)17-6-4-5-15(19-17)11-14-7-9-20(10-8-14)26(3,23)24/h4-6,13-14,16H,7-12H2,1-3H3/t16-/m1/s1. The van der Waals surface area contributed by atoms with E-state index in [-0.39, 0.29) is 18.1 Å². The van der Waals surface area contributed by atoms with Crippen molar-refractivity contribution in [2.24, 2.45) is 11.8 Å². The monoisotopic (exact) mass is 381 g/mol. The van der Waals surface area contributed by atoms with Gasteiger partial charge in [0.2, 0.25) is 10.0 Å². The number of piperidine rings is 1. The molecule has 0 unspecified atom stereocenters. The normalized spacial score (nSPS) is 22.8. The largest absolute Gasteiger partial charge is 0.447 e. The minimum absolute atomic E-state index is 0.00301. The summed E-state index contributed by atoms with van der Waals surface area (Å²) in [5.41, 5.74) is 0.933. The smallest absolute Gasteiger partial charge is 0.415 e. The molecule has 3 rings (SSSR count). The third-order valence-corrected chi connectivity index (χ3v) is 6.56. The van der Waals surface area contributed by atoms with Gasteiger partial charge in [0, 0.05) is 18.8 Å². The maximum atomic E-state index is 12.1. The van der Waals surface area contributed by atoms with Crippen LogP contribution in [0.15, 0.2) is 18.2 Å². The predicted molar refractivity (Wildman–Crippen MR) is 99.5 cm³/mol. The molecule has 2 aliphatic rings. The lowest BCUT2D eigenvalue weighted by Gasteiger charge is -2.30. The number of aromatic nitrogens is 1. The molecule has 0 radical (unpaired) electrons. The fourth-order valence-electron chi connectivity index (χ4n) is 3.65. The van der Waals surface area contributed by atoms with Gasteiger partial charge < -0.3 is 4.74 Å². The average molecular weight is 381 g/mol. The predicted octanol–water partition coefficient (Wildman–Crippen LogP) is 2.28. The zero-order valence-electron chi connectivity index (χ0n) is 15.6. The number of hydrogen-bond donors (Lipinski definition) is 0. The van der Waals surface area contributed by atoms with Gasteiger partial charge in [0.15, 0.2) is 0 Å². The molecule has 8 heteroatoms. The molecule has 0 saturated carbocycles. The van der Waals surface area contributed by atoms with Crippen LogP contribution in [-0.2, 0) is 21.2 Å². The number of hydrogen-bond acceptors (Lipinski definition) is 5. The molecule has 0 bridgehead atoms. The number of cyclic esters (lactones) is 1. The van der Waals surface area contributed by atoms with E-state index in [4.69, 9.17) is 9.72 Å². The molecular formula is C18H27N3O4S. The molecule has 1 atom stereocenters. The topological polar surface area (TPSA) is 79.8 Å².